The zero-order valence-electron chi connectivity index (χ0n) is 7.70. The zero-order valence-corrected chi connectivity index (χ0v) is 8.52. The van der Waals surface area contributed by atoms with E-state index in [1.165, 1.54) is 18.9 Å². The highest BCUT2D eigenvalue weighted by atomic mass is 32.2. The van der Waals surface area contributed by atoms with Gasteiger partial charge in [0.25, 0.3) is 0 Å². The van der Waals surface area contributed by atoms with Gasteiger partial charge in [0, 0.05) is 11.8 Å². The summed E-state index contributed by atoms with van der Waals surface area (Å²) in [6, 6.07) is 0.224. The lowest BCUT2D eigenvalue weighted by atomic mass is 9.94. The Morgan fingerprint density at radius 2 is 2.38 bits per heavy atom. The summed E-state index contributed by atoms with van der Waals surface area (Å²) in [7, 11) is 1.37. The highest BCUT2D eigenvalue weighted by Crippen LogP contribution is 2.18. The third-order valence-electron chi connectivity index (χ3n) is 2.09. The molecule has 1 aliphatic rings. The Kier molecular flexibility index (Phi) is 3.59. The van der Waals surface area contributed by atoms with Gasteiger partial charge in [0.1, 0.15) is 0 Å². The summed E-state index contributed by atoms with van der Waals surface area (Å²) in [5.74, 6) is 1.11. The second-order valence-corrected chi connectivity index (χ2v) is 4.03. The third kappa shape index (κ3) is 2.62. The third-order valence-corrected chi connectivity index (χ3v) is 3.12. The largest absolute Gasteiger partial charge is 0.468 e. The standard InChI is InChI=1S/C8H13NO3S/c1-5-6(9-8(5)11)3-13-4-7(10)12-2/h5-6H,3-4H2,1-2H3,(H,9,11)/t5-,6?/m0/s1. The van der Waals surface area contributed by atoms with E-state index < -0.39 is 0 Å². The maximum Gasteiger partial charge on any atom is 0.315 e. The van der Waals surface area contributed by atoms with Crippen LogP contribution in [0.2, 0.25) is 0 Å². The van der Waals surface area contributed by atoms with Crippen molar-refractivity contribution in [3.63, 3.8) is 0 Å². The van der Waals surface area contributed by atoms with Crippen LogP contribution >= 0.6 is 11.8 Å². The van der Waals surface area contributed by atoms with Gasteiger partial charge in [-0.25, -0.2) is 0 Å². The van der Waals surface area contributed by atoms with Crippen molar-refractivity contribution in [2.24, 2.45) is 5.92 Å². The summed E-state index contributed by atoms with van der Waals surface area (Å²) in [5.41, 5.74) is 0. The van der Waals surface area contributed by atoms with Crippen molar-refractivity contribution in [1.82, 2.24) is 5.32 Å². The molecule has 2 atom stereocenters. The van der Waals surface area contributed by atoms with E-state index >= 15 is 0 Å². The molecule has 0 aromatic carbocycles. The summed E-state index contributed by atoms with van der Waals surface area (Å²) in [4.78, 5) is 21.5. The molecular formula is C8H13NO3S. The van der Waals surface area contributed by atoms with Crippen molar-refractivity contribution < 1.29 is 14.3 Å². The van der Waals surface area contributed by atoms with Crippen LogP contribution in [0.15, 0.2) is 0 Å². The highest BCUT2D eigenvalue weighted by molar-refractivity contribution is 7.99. The van der Waals surface area contributed by atoms with Crippen LogP contribution < -0.4 is 5.32 Å². The molecule has 0 saturated carbocycles. The van der Waals surface area contributed by atoms with E-state index in [-0.39, 0.29) is 23.8 Å². The van der Waals surface area contributed by atoms with Crippen LogP contribution in [0.3, 0.4) is 0 Å². The van der Waals surface area contributed by atoms with E-state index in [0.717, 1.165) is 5.75 Å². The number of nitrogens with one attached hydrogen (secondary N) is 1. The number of carbonyl (C=O) groups excluding carboxylic acids is 2. The molecule has 74 valence electrons. The molecule has 1 N–H and O–H groups in total. The van der Waals surface area contributed by atoms with E-state index in [0.29, 0.717) is 5.75 Å². The smallest absolute Gasteiger partial charge is 0.315 e. The SMILES string of the molecule is COC(=O)CSCC1NC(=O)[C@H]1C. The molecule has 0 aromatic rings. The maximum absolute atomic E-state index is 10.8. The van der Waals surface area contributed by atoms with Crippen LogP contribution in [-0.4, -0.2) is 36.5 Å². The first-order chi connectivity index (χ1) is 6.15. The number of amides is 1. The topological polar surface area (TPSA) is 55.4 Å². The molecule has 0 aromatic heterocycles. The fourth-order valence-electron chi connectivity index (χ4n) is 1.04. The van der Waals surface area contributed by atoms with Gasteiger partial charge in [-0.2, -0.15) is 0 Å². The van der Waals surface area contributed by atoms with E-state index in [4.69, 9.17) is 0 Å². The van der Waals surface area contributed by atoms with Crippen molar-refractivity contribution in [2.45, 2.75) is 13.0 Å². The van der Waals surface area contributed by atoms with Gasteiger partial charge >= 0.3 is 5.97 Å². The molecule has 13 heavy (non-hydrogen) atoms. The molecular weight excluding hydrogens is 190 g/mol. The van der Waals surface area contributed by atoms with Crippen molar-refractivity contribution in [3.05, 3.63) is 0 Å². The summed E-state index contributed by atoms with van der Waals surface area (Å²) in [6.45, 7) is 1.89. The lowest BCUT2D eigenvalue weighted by molar-refractivity contribution is -0.137. The first kappa shape index (κ1) is 10.4. The molecule has 5 heteroatoms. The van der Waals surface area contributed by atoms with Gasteiger partial charge in [-0.3, -0.25) is 9.59 Å². The monoisotopic (exact) mass is 203 g/mol. The van der Waals surface area contributed by atoms with Gasteiger partial charge in [0.05, 0.1) is 18.8 Å². The normalized spacial score (nSPS) is 26.2. The Morgan fingerprint density at radius 1 is 1.69 bits per heavy atom. The maximum atomic E-state index is 10.8. The highest BCUT2D eigenvalue weighted by Gasteiger charge is 2.34. The number of esters is 1. The van der Waals surface area contributed by atoms with E-state index in [1.807, 2.05) is 6.92 Å². The second-order valence-electron chi connectivity index (χ2n) is 3.00. The number of hydrogen-bond acceptors (Lipinski definition) is 4. The fraction of sp³-hybridized carbons (Fsp3) is 0.750. The predicted molar refractivity (Wildman–Crippen MR) is 50.4 cm³/mol. The van der Waals surface area contributed by atoms with Crippen LogP contribution in [0.25, 0.3) is 0 Å². The van der Waals surface area contributed by atoms with E-state index in [9.17, 15) is 9.59 Å². The Balaban J connectivity index is 2.07. The van der Waals surface area contributed by atoms with Crippen LogP contribution in [-0.2, 0) is 14.3 Å². The minimum Gasteiger partial charge on any atom is -0.468 e. The molecule has 4 nitrogen and oxygen atoms in total. The predicted octanol–water partition coefficient (Wildman–Crippen LogP) is 0.0271. The van der Waals surface area contributed by atoms with Crippen molar-refractivity contribution in [3.8, 4) is 0 Å². The Labute approximate surface area is 81.4 Å². The van der Waals surface area contributed by atoms with Crippen molar-refractivity contribution in [1.29, 1.82) is 0 Å². The van der Waals surface area contributed by atoms with Gasteiger partial charge < -0.3 is 10.1 Å². The summed E-state index contributed by atoms with van der Waals surface area (Å²) >= 11 is 1.49. The molecule has 1 rings (SSSR count). The van der Waals surface area contributed by atoms with E-state index in [2.05, 4.69) is 10.1 Å². The lowest BCUT2D eigenvalue weighted by Gasteiger charge is -2.33. The number of β-lactam (4-membered cyclic amide) rings is 1. The molecule has 0 radical (unpaired) electrons. The Morgan fingerprint density at radius 3 is 2.85 bits per heavy atom. The van der Waals surface area contributed by atoms with Gasteiger partial charge in [0.15, 0.2) is 0 Å². The quantitative estimate of drug-likeness (QED) is 0.517. The molecule has 1 aliphatic heterocycles. The first-order valence-electron chi connectivity index (χ1n) is 4.10. The Hall–Kier alpha value is -0.710. The molecule has 0 aliphatic carbocycles. The number of carbonyl (C=O) groups is 2. The van der Waals surface area contributed by atoms with Gasteiger partial charge in [0.2, 0.25) is 5.91 Å². The summed E-state index contributed by atoms with van der Waals surface area (Å²) in [6.07, 6.45) is 0. The molecule has 1 amide bonds. The number of ether oxygens (including phenoxy) is 1. The second kappa shape index (κ2) is 4.50. The summed E-state index contributed by atoms with van der Waals surface area (Å²) < 4.78 is 4.48. The molecule has 1 heterocycles. The Bertz CT molecular complexity index is 219. The molecule has 0 bridgehead atoms. The van der Waals surface area contributed by atoms with Gasteiger partial charge in [-0.05, 0) is 0 Å². The molecule has 0 spiro atoms. The van der Waals surface area contributed by atoms with Crippen LogP contribution in [0, 0.1) is 5.92 Å². The molecule has 1 fully saturated rings. The minimum atomic E-state index is -0.219. The van der Waals surface area contributed by atoms with Gasteiger partial charge in [-0.15, -0.1) is 11.8 Å². The molecule has 1 unspecified atom stereocenters. The minimum absolute atomic E-state index is 0.0881. The average Bonchev–Trinajstić information content (AvgIpc) is 2.15. The van der Waals surface area contributed by atoms with Gasteiger partial charge in [-0.1, -0.05) is 6.92 Å². The number of rotatable bonds is 4. The van der Waals surface area contributed by atoms with Crippen molar-refractivity contribution >= 4 is 23.6 Å². The number of hydrogen-bond donors (Lipinski definition) is 1. The van der Waals surface area contributed by atoms with Crippen LogP contribution in [0.5, 0.6) is 0 Å². The summed E-state index contributed by atoms with van der Waals surface area (Å²) in [5, 5.41) is 2.77. The van der Waals surface area contributed by atoms with Crippen LogP contribution in [0.4, 0.5) is 0 Å². The average molecular weight is 203 g/mol. The lowest BCUT2D eigenvalue weighted by Crippen LogP contribution is -2.58. The zero-order chi connectivity index (χ0) is 9.84. The van der Waals surface area contributed by atoms with Crippen LogP contribution in [0.1, 0.15) is 6.92 Å². The van der Waals surface area contributed by atoms with E-state index in [1.54, 1.807) is 0 Å². The molecule has 1 saturated heterocycles. The van der Waals surface area contributed by atoms with Crippen molar-refractivity contribution in [2.75, 3.05) is 18.6 Å². The fourth-order valence-corrected chi connectivity index (χ4v) is 2.07. The first-order valence-corrected chi connectivity index (χ1v) is 5.25. The number of thioether (sulfide) groups is 1. The number of methoxy groups -OCH3 is 1.